The van der Waals surface area contributed by atoms with Crippen LogP contribution in [-0.2, 0) is 5.33 Å². The first-order valence-corrected chi connectivity index (χ1v) is 4.99. The minimum atomic E-state index is -2.82. The molecule has 0 N–H and O–H groups in total. The van der Waals surface area contributed by atoms with Crippen LogP contribution >= 0.6 is 15.9 Å². The summed E-state index contributed by atoms with van der Waals surface area (Å²) in [5.41, 5.74) is -0.499. The molecule has 1 aromatic heterocycles. The fourth-order valence-electron chi connectivity index (χ4n) is 1.05. The van der Waals surface area contributed by atoms with Crippen molar-refractivity contribution in [2.24, 2.45) is 0 Å². The summed E-state index contributed by atoms with van der Waals surface area (Å²) in [6, 6.07) is 2.71. The molecular weight excluding hydrogens is 270 g/mol. The Kier molecular flexibility index (Phi) is 3.86. The Morgan fingerprint density at radius 3 is 2.73 bits per heavy atom. The van der Waals surface area contributed by atoms with Crippen molar-refractivity contribution in [1.82, 2.24) is 4.98 Å². The predicted octanol–water partition coefficient (Wildman–Crippen LogP) is 2.60. The van der Waals surface area contributed by atoms with Crippen molar-refractivity contribution in [3.63, 3.8) is 0 Å². The average Bonchev–Trinajstić information content (AvgIpc) is 2.26. The number of aldehydes is 1. The molecule has 6 heteroatoms. The van der Waals surface area contributed by atoms with Gasteiger partial charge in [-0.1, -0.05) is 15.9 Å². The molecule has 0 radical (unpaired) electrons. The number of aromatic nitrogens is 1. The van der Waals surface area contributed by atoms with Crippen LogP contribution in [0.15, 0.2) is 6.07 Å². The van der Waals surface area contributed by atoms with Gasteiger partial charge in [0.15, 0.2) is 6.29 Å². The molecule has 0 atom stereocenters. The normalized spacial score (nSPS) is 10.1. The molecule has 0 aliphatic rings. The van der Waals surface area contributed by atoms with Crippen LogP contribution in [0.1, 0.15) is 33.7 Å². The van der Waals surface area contributed by atoms with E-state index in [9.17, 15) is 13.6 Å². The molecule has 0 saturated carbocycles. The van der Waals surface area contributed by atoms with Crippen molar-refractivity contribution < 1.29 is 13.6 Å². The second-order valence-corrected chi connectivity index (χ2v) is 3.18. The zero-order valence-electron chi connectivity index (χ0n) is 7.38. The molecule has 0 aromatic carbocycles. The van der Waals surface area contributed by atoms with Crippen molar-refractivity contribution >= 4 is 22.2 Å². The fraction of sp³-hybridized carbons (Fsp3) is 0.222. The first kappa shape index (κ1) is 11.7. The van der Waals surface area contributed by atoms with Crippen LogP contribution in [0, 0.1) is 11.3 Å². The van der Waals surface area contributed by atoms with Gasteiger partial charge in [-0.05, 0) is 6.07 Å². The molecule has 0 saturated heterocycles. The number of hydrogen-bond donors (Lipinski definition) is 0. The first-order valence-electron chi connectivity index (χ1n) is 3.87. The van der Waals surface area contributed by atoms with E-state index >= 15 is 0 Å². The van der Waals surface area contributed by atoms with E-state index in [1.807, 2.05) is 0 Å². The van der Waals surface area contributed by atoms with E-state index in [4.69, 9.17) is 5.26 Å². The van der Waals surface area contributed by atoms with Crippen LogP contribution in [0.3, 0.4) is 0 Å². The predicted molar refractivity (Wildman–Crippen MR) is 51.9 cm³/mol. The van der Waals surface area contributed by atoms with E-state index in [2.05, 4.69) is 20.9 Å². The maximum atomic E-state index is 12.4. The molecule has 15 heavy (non-hydrogen) atoms. The van der Waals surface area contributed by atoms with Crippen molar-refractivity contribution in [3.8, 4) is 6.07 Å². The first-order chi connectivity index (χ1) is 7.13. The van der Waals surface area contributed by atoms with Gasteiger partial charge in [-0.15, -0.1) is 0 Å². The van der Waals surface area contributed by atoms with Gasteiger partial charge in [-0.25, -0.2) is 13.8 Å². The van der Waals surface area contributed by atoms with E-state index < -0.39 is 12.1 Å². The maximum absolute atomic E-state index is 12.4. The van der Waals surface area contributed by atoms with Crippen LogP contribution in [0.2, 0.25) is 0 Å². The lowest BCUT2D eigenvalue weighted by atomic mass is 10.1. The number of halogens is 3. The molecule has 0 amide bonds. The van der Waals surface area contributed by atoms with Crippen LogP contribution in [0.25, 0.3) is 0 Å². The quantitative estimate of drug-likeness (QED) is 0.629. The van der Waals surface area contributed by atoms with Gasteiger partial charge in [-0.3, -0.25) is 4.79 Å². The third-order valence-corrected chi connectivity index (χ3v) is 2.28. The molecule has 1 rings (SSSR count). The van der Waals surface area contributed by atoms with E-state index in [-0.39, 0.29) is 22.2 Å². The maximum Gasteiger partial charge on any atom is 0.281 e. The van der Waals surface area contributed by atoms with Crippen molar-refractivity contribution in [2.45, 2.75) is 11.8 Å². The zero-order chi connectivity index (χ0) is 11.4. The zero-order valence-corrected chi connectivity index (χ0v) is 8.96. The van der Waals surface area contributed by atoms with Crippen LogP contribution in [0.4, 0.5) is 8.78 Å². The van der Waals surface area contributed by atoms with Crippen molar-refractivity contribution in [3.05, 3.63) is 28.6 Å². The summed E-state index contributed by atoms with van der Waals surface area (Å²) < 4.78 is 24.9. The van der Waals surface area contributed by atoms with Gasteiger partial charge in [0, 0.05) is 10.9 Å². The molecular formula is C9H5BrF2N2O. The summed E-state index contributed by atoms with van der Waals surface area (Å²) in [6.45, 7) is 0. The number of rotatable bonds is 3. The SMILES string of the molecule is N#Cc1cc(C=O)c(CBr)nc1C(F)F. The topological polar surface area (TPSA) is 53.8 Å². The summed E-state index contributed by atoms with van der Waals surface area (Å²) in [7, 11) is 0. The molecule has 78 valence electrons. The number of hydrogen-bond acceptors (Lipinski definition) is 3. The van der Waals surface area contributed by atoms with Gasteiger partial charge < -0.3 is 0 Å². The van der Waals surface area contributed by atoms with Gasteiger partial charge in [0.05, 0.1) is 11.3 Å². The highest BCUT2D eigenvalue weighted by Gasteiger charge is 2.18. The molecule has 1 aromatic rings. The van der Waals surface area contributed by atoms with Crippen molar-refractivity contribution in [2.75, 3.05) is 0 Å². The minimum Gasteiger partial charge on any atom is -0.298 e. The Balaban J connectivity index is 3.42. The van der Waals surface area contributed by atoms with Gasteiger partial charge in [0.25, 0.3) is 6.43 Å². The number of carbonyl (C=O) groups excluding carboxylic acids is 1. The summed E-state index contributed by atoms with van der Waals surface area (Å²) in [5, 5.41) is 8.79. The molecule has 3 nitrogen and oxygen atoms in total. The van der Waals surface area contributed by atoms with Crippen LogP contribution < -0.4 is 0 Å². The fourth-order valence-corrected chi connectivity index (χ4v) is 1.50. The summed E-state index contributed by atoms with van der Waals surface area (Å²) >= 11 is 3.03. The molecule has 0 aliphatic carbocycles. The van der Waals surface area contributed by atoms with Gasteiger partial charge in [0.2, 0.25) is 0 Å². The number of alkyl halides is 3. The molecule has 0 unspecified atom stereocenters. The summed E-state index contributed by atoms with van der Waals surface area (Å²) in [4.78, 5) is 14.2. The lowest BCUT2D eigenvalue weighted by Crippen LogP contribution is -2.03. The van der Waals surface area contributed by atoms with Gasteiger partial charge >= 0.3 is 0 Å². The number of pyridine rings is 1. The Bertz CT molecular complexity index is 429. The third-order valence-electron chi connectivity index (χ3n) is 1.75. The average molecular weight is 275 g/mol. The molecule has 0 aliphatic heterocycles. The number of nitriles is 1. The highest BCUT2D eigenvalue weighted by atomic mass is 79.9. The van der Waals surface area contributed by atoms with Gasteiger partial charge in [0.1, 0.15) is 11.8 Å². The molecule has 0 fully saturated rings. The Hall–Kier alpha value is -1.35. The second-order valence-electron chi connectivity index (χ2n) is 2.62. The summed E-state index contributed by atoms with van der Waals surface area (Å²) in [6.07, 6.45) is -2.34. The highest BCUT2D eigenvalue weighted by Crippen LogP contribution is 2.23. The van der Waals surface area contributed by atoms with Crippen LogP contribution in [-0.4, -0.2) is 11.3 Å². The van der Waals surface area contributed by atoms with Gasteiger partial charge in [-0.2, -0.15) is 5.26 Å². The monoisotopic (exact) mass is 274 g/mol. The number of nitrogens with zero attached hydrogens (tertiary/aromatic N) is 2. The van der Waals surface area contributed by atoms with E-state index in [1.54, 1.807) is 6.07 Å². The highest BCUT2D eigenvalue weighted by molar-refractivity contribution is 9.08. The lowest BCUT2D eigenvalue weighted by molar-refractivity contribution is 0.112. The van der Waals surface area contributed by atoms with E-state index in [0.29, 0.717) is 6.29 Å². The summed E-state index contributed by atoms with van der Waals surface area (Å²) in [5.74, 6) is 0. The van der Waals surface area contributed by atoms with Crippen molar-refractivity contribution in [1.29, 1.82) is 5.26 Å². The standard InChI is InChI=1S/C9H5BrF2N2O/c10-2-7-6(4-15)1-5(3-13)8(14-7)9(11)12/h1,4,9H,2H2. The molecule has 0 spiro atoms. The number of carbonyl (C=O) groups is 1. The minimum absolute atomic E-state index is 0.146. The smallest absolute Gasteiger partial charge is 0.281 e. The lowest BCUT2D eigenvalue weighted by Gasteiger charge is -2.06. The van der Waals surface area contributed by atoms with E-state index in [0.717, 1.165) is 6.07 Å². The molecule has 1 heterocycles. The Labute approximate surface area is 92.9 Å². The van der Waals surface area contributed by atoms with E-state index in [1.165, 1.54) is 0 Å². The van der Waals surface area contributed by atoms with Crippen LogP contribution in [0.5, 0.6) is 0 Å². The third kappa shape index (κ3) is 2.36. The molecule has 0 bridgehead atoms. The largest absolute Gasteiger partial charge is 0.298 e. The second kappa shape index (κ2) is 4.94. The Morgan fingerprint density at radius 1 is 1.67 bits per heavy atom. The Morgan fingerprint density at radius 2 is 2.33 bits per heavy atom.